The van der Waals surface area contributed by atoms with Gasteiger partial charge in [0, 0.05) is 11.8 Å². The van der Waals surface area contributed by atoms with Crippen molar-refractivity contribution in [3.05, 3.63) is 81.9 Å². The van der Waals surface area contributed by atoms with Crippen LogP contribution in [0.3, 0.4) is 0 Å². The van der Waals surface area contributed by atoms with Crippen LogP contribution in [-0.2, 0) is 6.54 Å². The van der Waals surface area contributed by atoms with Gasteiger partial charge >= 0.3 is 0 Å². The van der Waals surface area contributed by atoms with Gasteiger partial charge < -0.3 is 4.42 Å². The summed E-state index contributed by atoms with van der Waals surface area (Å²) in [6, 6.07) is 11.2. The van der Waals surface area contributed by atoms with Crippen LogP contribution in [0.2, 0.25) is 0 Å². The molecule has 3 heterocycles. The minimum atomic E-state index is -0.656. The first-order valence-electron chi connectivity index (χ1n) is 9.57. The van der Waals surface area contributed by atoms with Gasteiger partial charge in [-0.25, -0.2) is 0 Å². The van der Waals surface area contributed by atoms with Crippen molar-refractivity contribution in [3.8, 4) is 6.07 Å². The Morgan fingerprint density at radius 2 is 1.91 bits per heavy atom. The standard InChI is InChI=1S/C23H16N4O5/c1-12(28)19-13(2)32-21(18(19)10-24)26-20(29)14-6-7-16-17(9-14)23(31)27(22(16)30)11-15-5-3-4-8-25-15/h3-9H,11H2,1-2H3,(H,26,29). The van der Waals surface area contributed by atoms with Crippen LogP contribution in [0.4, 0.5) is 5.88 Å². The number of nitrogens with one attached hydrogen (secondary N) is 1. The number of anilines is 1. The average molecular weight is 428 g/mol. The van der Waals surface area contributed by atoms with E-state index in [9.17, 15) is 24.4 Å². The quantitative estimate of drug-likeness (QED) is 0.487. The van der Waals surface area contributed by atoms with E-state index in [2.05, 4.69) is 10.3 Å². The number of fused-ring (bicyclic) bond motifs is 1. The number of nitrogens with zero attached hydrogens (tertiary/aromatic N) is 3. The molecule has 0 saturated carbocycles. The third-order valence-corrected chi connectivity index (χ3v) is 5.05. The van der Waals surface area contributed by atoms with Crippen molar-refractivity contribution in [2.45, 2.75) is 20.4 Å². The van der Waals surface area contributed by atoms with E-state index in [1.807, 2.05) is 6.07 Å². The van der Waals surface area contributed by atoms with E-state index in [1.54, 1.807) is 24.4 Å². The molecule has 4 rings (SSSR count). The first-order valence-corrected chi connectivity index (χ1v) is 9.57. The zero-order valence-corrected chi connectivity index (χ0v) is 17.1. The summed E-state index contributed by atoms with van der Waals surface area (Å²) in [5.41, 5.74) is 0.956. The number of furan rings is 1. The molecule has 3 aromatic rings. The number of hydrogen-bond acceptors (Lipinski definition) is 7. The van der Waals surface area contributed by atoms with Gasteiger partial charge in [0.1, 0.15) is 17.4 Å². The summed E-state index contributed by atoms with van der Waals surface area (Å²) in [7, 11) is 0. The molecule has 0 spiro atoms. The molecule has 1 N–H and O–H groups in total. The Hall–Kier alpha value is -4.58. The number of hydrogen-bond donors (Lipinski definition) is 1. The molecule has 0 radical (unpaired) electrons. The third-order valence-electron chi connectivity index (χ3n) is 5.05. The van der Waals surface area contributed by atoms with Crippen LogP contribution >= 0.6 is 0 Å². The predicted octanol–water partition coefficient (Wildman–Crippen LogP) is 3.11. The number of aryl methyl sites for hydroxylation is 1. The van der Waals surface area contributed by atoms with Gasteiger partial charge in [0.25, 0.3) is 17.7 Å². The lowest BCUT2D eigenvalue weighted by Gasteiger charge is -2.12. The summed E-state index contributed by atoms with van der Waals surface area (Å²) in [6.45, 7) is 2.83. The largest absolute Gasteiger partial charge is 0.443 e. The lowest BCUT2D eigenvalue weighted by Crippen LogP contribution is -2.29. The molecule has 0 fully saturated rings. The summed E-state index contributed by atoms with van der Waals surface area (Å²) in [4.78, 5) is 55.2. The minimum Gasteiger partial charge on any atom is -0.443 e. The lowest BCUT2D eigenvalue weighted by molar-refractivity contribution is 0.0640. The van der Waals surface area contributed by atoms with E-state index in [1.165, 1.54) is 32.0 Å². The Bertz CT molecular complexity index is 1330. The van der Waals surface area contributed by atoms with Crippen LogP contribution in [0.25, 0.3) is 0 Å². The number of aromatic nitrogens is 1. The molecule has 9 heteroatoms. The van der Waals surface area contributed by atoms with Gasteiger partial charge in [0.2, 0.25) is 5.88 Å². The van der Waals surface area contributed by atoms with E-state index in [4.69, 9.17) is 4.42 Å². The SMILES string of the molecule is CC(=O)c1c(C)oc(NC(=O)c2ccc3c(c2)C(=O)N(Cc2ccccn2)C3=O)c1C#N. The summed E-state index contributed by atoms with van der Waals surface area (Å²) in [5, 5.41) is 11.8. The van der Waals surface area contributed by atoms with Crippen LogP contribution in [0.15, 0.2) is 47.0 Å². The Labute approximate surface area is 182 Å². The normalized spacial score (nSPS) is 12.5. The smallest absolute Gasteiger partial charge is 0.261 e. The molecular weight excluding hydrogens is 412 g/mol. The molecule has 32 heavy (non-hydrogen) atoms. The molecular formula is C23H16N4O5. The highest BCUT2D eigenvalue weighted by atomic mass is 16.4. The number of carbonyl (C=O) groups is 4. The zero-order chi connectivity index (χ0) is 23.0. The number of amides is 3. The second-order valence-corrected chi connectivity index (χ2v) is 7.14. The maximum absolute atomic E-state index is 12.8. The van der Waals surface area contributed by atoms with Crippen LogP contribution in [0.1, 0.15) is 65.4 Å². The van der Waals surface area contributed by atoms with E-state index in [0.29, 0.717) is 5.69 Å². The van der Waals surface area contributed by atoms with Gasteiger partial charge in [0.05, 0.1) is 28.9 Å². The highest BCUT2D eigenvalue weighted by Crippen LogP contribution is 2.29. The molecule has 0 unspecified atom stereocenters. The predicted molar refractivity (Wildman–Crippen MR) is 111 cm³/mol. The minimum absolute atomic E-state index is 0.0136. The first-order chi connectivity index (χ1) is 15.3. The van der Waals surface area contributed by atoms with Crippen LogP contribution in [0, 0.1) is 18.3 Å². The molecule has 0 atom stereocenters. The maximum atomic E-state index is 12.8. The van der Waals surface area contributed by atoms with E-state index < -0.39 is 17.7 Å². The van der Waals surface area contributed by atoms with Crippen molar-refractivity contribution in [2.75, 3.05) is 5.32 Å². The molecule has 2 aromatic heterocycles. The number of benzene rings is 1. The van der Waals surface area contributed by atoms with Crippen LogP contribution in [0.5, 0.6) is 0 Å². The molecule has 3 amide bonds. The summed E-state index contributed by atoms with van der Waals surface area (Å²) in [6.07, 6.45) is 1.57. The topological polar surface area (TPSA) is 133 Å². The number of nitriles is 1. The number of rotatable bonds is 5. The van der Waals surface area contributed by atoms with Gasteiger partial charge in [0.15, 0.2) is 5.78 Å². The van der Waals surface area contributed by atoms with Crippen molar-refractivity contribution in [1.29, 1.82) is 5.26 Å². The molecule has 158 valence electrons. The number of Topliss-reactive ketones (excluding diaryl/α,β-unsaturated/α-hetero) is 1. The highest BCUT2D eigenvalue weighted by Gasteiger charge is 2.36. The number of pyridine rings is 1. The van der Waals surface area contributed by atoms with Crippen molar-refractivity contribution < 1.29 is 23.6 Å². The lowest BCUT2D eigenvalue weighted by atomic mass is 10.0. The fourth-order valence-electron chi connectivity index (χ4n) is 3.57. The van der Waals surface area contributed by atoms with Gasteiger partial charge in [-0.1, -0.05) is 6.07 Å². The summed E-state index contributed by atoms with van der Waals surface area (Å²) >= 11 is 0. The van der Waals surface area contributed by atoms with Crippen LogP contribution in [-0.4, -0.2) is 33.4 Å². The molecule has 0 aliphatic carbocycles. The zero-order valence-electron chi connectivity index (χ0n) is 17.1. The Balaban J connectivity index is 1.60. The van der Waals surface area contributed by atoms with Crippen LogP contribution < -0.4 is 5.32 Å². The Kier molecular flexibility index (Phi) is 5.12. The second-order valence-electron chi connectivity index (χ2n) is 7.14. The van der Waals surface area contributed by atoms with Crippen molar-refractivity contribution >= 4 is 29.4 Å². The van der Waals surface area contributed by atoms with Gasteiger partial charge in [-0.05, 0) is 44.2 Å². The van der Waals surface area contributed by atoms with E-state index in [-0.39, 0.29) is 51.8 Å². The average Bonchev–Trinajstić information content (AvgIpc) is 3.22. The third kappa shape index (κ3) is 3.44. The number of ketones is 1. The number of imide groups is 1. The molecule has 9 nitrogen and oxygen atoms in total. The van der Waals surface area contributed by atoms with Crippen molar-refractivity contribution in [2.24, 2.45) is 0 Å². The number of carbonyl (C=O) groups excluding carboxylic acids is 4. The molecule has 1 aromatic carbocycles. The Morgan fingerprint density at radius 1 is 1.16 bits per heavy atom. The fraction of sp³-hybridized carbons (Fsp3) is 0.130. The Morgan fingerprint density at radius 3 is 2.56 bits per heavy atom. The molecule has 1 aliphatic heterocycles. The highest BCUT2D eigenvalue weighted by molar-refractivity contribution is 6.22. The fourth-order valence-corrected chi connectivity index (χ4v) is 3.57. The van der Waals surface area contributed by atoms with Crippen molar-refractivity contribution in [1.82, 2.24) is 9.88 Å². The second kappa shape index (κ2) is 7.92. The first kappa shape index (κ1) is 20.7. The van der Waals surface area contributed by atoms with Gasteiger partial charge in [-0.15, -0.1) is 0 Å². The maximum Gasteiger partial charge on any atom is 0.261 e. The molecule has 1 aliphatic rings. The molecule has 0 bridgehead atoms. The summed E-state index contributed by atoms with van der Waals surface area (Å²) < 4.78 is 5.39. The molecule has 0 saturated heterocycles. The van der Waals surface area contributed by atoms with E-state index >= 15 is 0 Å². The van der Waals surface area contributed by atoms with Crippen molar-refractivity contribution in [3.63, 3.8) is 0 Å². The van der Waals surface area contributed by atoms with Gasteiger partial charge in [-0.3, -0.25) is 34.4 Å². The monoisotopic (exact) mass is 428 g/mol. The van der Waals surface area contributed by atoms with Gasteiger partial charge in [-0.2, -0.15) is 5.26 Å². The van der Waals surface area contributed by atoms with E-state index in [0.717, 1.165) is 4.90 Å². The summed E-state index contributed by atoms with van der Waals surface area (Å²) in [5.74, 6) is -1.96.